The van der Waals surface area contributed by atoms with Crippen LogP contribution in [-0.2, 0) is 0 Å². The lowest BCUT2D eigenvalue weighted by Crippen LogP contribution is -2.44. The Bertz CT molecular complexity index is 109. The molecule has 0 aromatic heterocycles. The Morgan fingerprint density at radius 1 is 1.27 bits per heavy atom. The van der Waals surface area contributed by atoms with E-state index in [0.717, 1.165) is 0 Å². The van der Waals surface area contributed by atoms with Gasteiger partial charge in [0, 0.05) is 6.04 Å². The van der Waals surface area contributed by atoms with Gasteiger partial charge < -0.3 is 5.32 Å². The van der Waals surface area contributed by atoms with Gasteiger partial charge in [-0.15, -0.1) is 0 Å². The maximum absolute atomic E-state index is 12.0. The van der Waals surface area contributed by atoms with Crippen LogP contribution in [-0.4, -0.2) is 18.3 Å². The van der Waals surface area contributed by atoms with Crippen molar-refractivity contribution in [3.05, 3.63) is 0 Å². The van der Waals surface area contributed by atoms with Crippen LogP contribution < -0.4 is 5.32 Å². The van der Waals surface area contributed by atoms with Gasteiger partial charge >= 0.3 is 6.18 Å². The lowest BCUT2D eigenvalue weighted by atomic mass is 10.2. The molecule has 4 heteroatoms. The number of halogens is 3. The van der Waals surface area contributed by atoms with Gasteiger partial charge in [-0.05, 0) is 6.42 Å². The van der Waals surface area contributed by atoms with Crippen LogP contribution in [0.5, 0.6) is 0 Å². The van der Waals surface area contributed by atoms with Gasteiger partial charge in [-0.25, -0.2) is 0 Å². The highest BCUT2D eigenvalue weighted by Crippen LogP contribution is 2.22. The Morgan fingerprint density at radius 3 is 1.82 bits per heavy atom. The Hall–Kier alpha value is -0.250. The molecule has 0 aliphatic rings. The number of hydrogen-bond donors (Lipinski definition) is 1. The third kappa shape index (κ3) is 4.24. The van der Waals surface area contributed by atoms with Crippen molar-refractivity contribution in [2.24, 2.45) is 0 Å². The van der Waals surface area contributed by atoms with Crippen LogP contribution in [0, 0.1) is 0 Å². The summed E-state index contributed by atoms with van der Waals surface area (Å²) in [7, 11) is 0. The smallest absolute Gasteiger partial charge is 0.304 e. The van der Waals surface area contributed by atoms with E-state index in [9.17, 15) is 13.2 Å². The van der Waals surface area contributed by atoms with Gasteiger partial charge in [0.15, 0.2) is 0 Å². The van der Waals surface area contributed by atoms with Crippen LogP contribution in [0.15, 0.2) is 0 Å². The summed E-state index contributed by atoms with van der Waals surface area (Å²) in [4.78, 5) is 0. The first kappa shape index (κ1) is 10.8. The zero-order valence-electron chi connectivity index (χ0n) is 7.00. The highest BCUT2D eigenvalue weighted by Gasteiger charge is 2.38. The summed E-state index contributed by atoms with van der Waals surface area (Å²) in [5.74, 6) is 0. The normalized spacial score (nSPS) is 15.5. The first-order valence-corrected chi connectivity index (χ1v) is 3.70. The lowest BCUT2D eigenvalue weighted by molar-refractivity contribution is -0.157. The first-order valence-electron chi connectivity index (χ1n) is 3.70. The highest BCUT2D eigenvalue weighted by molar-refractivity contribution is 4.74. The van der Waals surface area contributed by atoms with Crippen LogP contribution in [0.1, 0.15) is 27.2 Å². The molecule has 0 rings (SSSR count). The quantitative estimate of drug-likeness (QED) is 0.683. The van der Waals surface area contributed by atoms with Crippen molar-refractivity contribution in [2.75, 3.05) is 0 Å². The molecule has 0 aliphatic heterocycles. The lowest BCUT2D eigenvalue weighted by Gasteiger charge is -2.22. The molecule has 0 bridgehead atoms. The standard InChI is InChI=1S/C7H14F3N/c1-4-6(7(8,9)10)11-5(2)3/h5-6,11H,4H2,1-3H3. The Morgan fingerprint density at radius 2 is 1.73 bits per heavy atom. The van der Waals surface area contributed by atoms with Gasteiger partial charge in [-0.1, -0.05) is 20.8 Å². The zero-order chi connectivity index (χ0) is 9.07. The summed E-state index contributed by atoms with van der Waals surface area (Å²) in [6.07, 6.45) is -4.03. The van der Waals surface area contributed by atoms with Crippen molar-refractivity contribution in [1.29, 1.82) is 0 Å². The van der Waals surface area contributed by atoms with E-state index in [4.69, 9.17) is 0 Å². The molecule has 1 N–H and O–H groups in total. The Labute approximate surface area is 65.0 Å². The van der Waals surface area contributed by atoms with Gasteiger partial charge in [-0.3, -0.25) is 0 Å². The molecule has 0 fully saturated rings. The van der Waals surface area contributed by atoms with Crippen molar-refractivity contribution in [3.8, 4) is 0 Å². The molecule has 0 heterocycles. The van der Waals surface area contributed by atoms with Crippen molar-refractivity contribution < 1.29 is 13.2 Å². The van der Waals surface area contributed by atoms with Crippen LogP contribution in [0.25, 0.3) is 0 Å². The molecule has 1 unspecified atom stereocenters. The fourth-order valence-electron chi connectivity index (χ4n) is 0.846. The number of rotatable bonds is 3. The molecule has 0 saturated carbocycles. The summed E-state index contributed by atoms with van der Waals surface area (Å²) < 4.78 is 36.1. The van der Waals surface area contributed by atoms with Gasteiger partial charge in [0.2, 0.25) is 0 Å². The first-order chi connectivity index (χ1) is 4.88. The average Bonchev–Trinajstić information content (AvgIpc) is 1.79. The molecule has 11 heavy (non-hydrogen) atoms. The average molecular weight is 169 g/mol. The van der Waals surface area contributed by atoms with E-state index < -0.39 is 12.2 Å². The summed E-state index contributed by atoms with van der Waals surface area (Å²) in [6.45, 7) is 4.93. The second-order valence-electron chi connectivity index (χ2n) is 2.82. The largest absolute Gasteiger partial charge is 0.403 e. The molecule has 0 aromatic rings. The molecular weight excluding hydrogens is 155 g/mol. The summed E-state index contributed by atoms with van der Waals surface area (Å²) in [6, 6.07) is -1.48. The summed E-state index contributed by atoms with van der Waals surface area (Å²) in [5, 5.41) is 2.44. The third-order valence-corrected chi connectivity index (χ3v) is 1.34. The molecule has 1 atom stereocenters. The van der Waals surface area contributed by atoms with E-state index in [2.05, 4.69) is 5.32 Å². The summed E-state index contributed by atoms with van der Waals surface area (Å²) >= 11 is 0. The van der Waals surface area contributed by atoms with Crippen molar-refractivity contribution >= 4 is 0 Å². The van der Waals surface area contributed by atoms with E-state index in [0.29, 0.717) is 0 Å². The van der Waals surface area contributed by atoms with Crippen LogP contribution in [0.2, 0.25) is 0 Å². The highest BCUT2D eigenvalue weighted by atomic mass is 19.4. The van der Waals surface area contributed by atoms with Gasteiger partial charge in [-0.2, -0.15) is 13.2 Å². The fourth-order valence-corrected chi connectivity index (χ4v) is 0.846. The van der Waals surface area contributed by atoms with Crippen molar-refractivity contribution in [1.82, 2.24) is 5.32 Å². The van der Waals surface area contributed by atoms with E-state index >= 15 is 0 Å². The van der Waals surface area contributed by atoms with E-state index in [1.165, 1.54) is 6.92 Å². The third-order valence-electron chi connectivity index (χ3n) is 1.34. The number of hydrogen-bond acceptors (Lipinski definition) is 1. The van der Waals surface area contributed by atoms with Crippen molar-refractivity contribution in [3.63, 3.8) is 0 Å². The van der Waals surface area contributed by atoms with Crippen LogP contribution >= 0.6 is 0 Å². The summed E-state index contributed by atoms with van der Waals surface area (Å²) in [5.41, 5.74) is 0. The monoisotopic (exact) mass is 169 g/mol. The van der Waals surface area contributed by atoms with Crippen molar-refractivity contribution in [2.45, 2.75) is 45.5 Å². The fraction of sp³-hybridized carbons (Fsp3) is 1.00. The van der Waals surface area contributed by atoms with Crippen LogP contribution in [0.3, 0.4) is 0 Å². The predicted octanol–water partition coefficient (Wildman–Crippen LogP) is 2.33. The maximum atomic E-state index is 12.0. The minimum absolute atomic E-state index is 0.0850. The van der Waals surface area contributed by atoms with E-state index in [1.54, 1.807) is 13.8 Å². The van der Waals surface area contributed by atoms with Gasteiger partial charge in [0.25, 0.3) is 0 Å². The predicted molar refractivity (Wildman–Crippen MR) is 38.4 cm³/mol. The van der Waals surface area contributed by atoms with E-state index in [-0.39, 0.29) is 12.5 Å². The maximum Gasteiger partial charge on any atom is 0.403 e. The second-order valence-corrected chi connectivity index (χ2v) is 2.82. The zero-order valence-corrected chi connectivity index (χ0v) is 7.00. The van der Waals surface area contributed by atoms with Gasteiger partial charge in [0.05, 0.1) is 0 Å². The SMILES string of the molecule is CCC(NC(C)C)C(F)(F)F. The van der Waals surface area contributed by atoms with E-state index in [1.807, 2.05) is 0 Å². The molecule has 1 nitrogen and oxygen atoms in total. The van der Waals surface area contributed by atoms with Crippen LogP contribution in [0.4, 0.5) is 13.2 Å². The molecule has 0 amide bonds. The second kappa shape index (κ2) is 3.95. The Kier molecular flexibility index (Phi) is 3.86. The Balaban J connectivity index is 3.96. The molecule has 68 valence electrons. The molecule has 0 spiro atoms. The molecule has 0 aliphatic carbocycles. The number of alkyl halides is 3. The molecule has 0 radical (unpaired) electrons. The topological polar surface area (TPSA) is 12.0 Å². The minimum atomic E-state index is -4.11. The minimum Gasteiger partial charge on any atom is -0.304 e. The number of nitrogens with one attached hydrogen (secondary N) is 1. The molecule has 0 aromatic carbocycles. The molecule has 0 saturated heterocycles. The van der Waals surface area contributed by atoms with Gasteiger partial charge in [0.1, 0.15) is 6.04 Å². The molecular formula is C7H14F3N.